The van der Waals surface area contributed by atoms with Crippen LogP contribution >= 0.6 is 0 Å². The summed E-state index contributed by atoms with van der Waals surface area (Å²) in [4.78, 5) is 9.65. The molecule has 1 aliphatic heterocycles. The van der Waals surface area contributed by atoms with E-state index in [-0.39, 0.29) is 0 Å². The van der Waals surface area contributed by atoms with Crippen molar-refractivity contribution in [3.63, 3.8) is 0 Å². The van der Waals surface area contributed by atoms with Gasteiger partial charge in [0.05, 0.1) is 12.2 Å². The molecule has 0 aromatic carbocycles. The fourth-order valence-corrected chi connectivity index (χ4v) is 4.01. The van der Waals surface area contributed by atoms with E-state index in [0.717, 1.165) is 42.7 Å². The molecule has 4 rings (SSSR count). The van der Waals surface area contributed by atoms with Crippen LogP contribution in [-0.4, -0.2) is 52.2 Å². The van der Waals surface area contributed by atoms with E-state index in [1.165, 1.54) is 32.4 Å². The van der Waals surface area contributed by atoms with Gasteiger partial charge < -0.3 is 4.52 Å². The van der Waals surface area contributed by atoms with Crippen LogP contribution in [0.2, 0.25) is 0 Å². The molecule has 140 valence electrons. The second-order valence-corrected chi connectivity index (χ2v) is 8.23. The van der Waals surface area contributed by atoms with E-state index >= 15 is 0 Å². The number of rotatable bonds is 6. The van der Waals surface area contributed by atoms with Crippen molar-refractivity contribution < 1.29 is 4.52 Å². The number of hydrogen-bond donors (Lipinski definition) is 0. The molecule has 2 aliphatic rings. The van der Waals surface area contributed by atoms with Gasteiger partial charge in [-0.25, -0.2) is 0 Å². The lowest BCUT2D eigenvalue weighted by atomic mass is 10.0. The largest absolute Gasteiger partial charge is 0.359 e. The van der Waals surface area contributed by atoms with Gasteiger partial charge >= 0.3 is 0 Å². The summed E-state index contributed by atoms with van der Waals surface area (Å²) in [5.41, 5.74) is 1.69. The summed E-state index contributed by atoms with van der Waals surface area (Å²) in [6.07, 6.45) is 5.89. The molecule has 3 heterocycles. The van der Waals surface area contributed by atoms with Crippen molar-refractivity contribution in [2.24, 2.45) is 11.8 Å². The van der Waals surface area contributed by atoms with E-state index < -0.39 is 0 Å². The fraction of sp³-hybridized carbons (Fsp3) is 0.619. The number of aromatic nitrogens is 2. The Balaban J connectivity index is 1.42. The molecule has 1 saturated carbocycles. The molecular weight excluding hydrogens is 324 g/mol. The summed E-state index contributed by atoms with van der Waals surface area (Å²) < 4.78 is 5.61. The van der Waals surface area contributed by atoms with Crippen LogP contribution in [0.4, 0.5) is 0 Å². The molecule has 1 atom stereocenters. The van der Waals surface area contributed by atoms with Crippen molar-refractivity contribution in [3.8, 4) is 11.4 Å². The maximum absolute atomic E-state index is 5.61. The third-order valence-electron chi connectivity index (χ3n) is 5.66. The second-order valence-electron chi connectivity index (χ2n) is 8.23. The van der Waals surface area contributed by atoms with Gasteiger partial charge in [0.25, 0.3) is 0 Å². The van der Waals surface area contributed by atoms with Gasteiger partial charge in [-0.3, -0.25) is 14.8 Å². The lowest BCUT2D eigenvalue weighted by Crippen LogP contribution is -2.45. The number of nitrogens with zero attached hydrogens (tertiary/aromatic N) is 4. The quantitative estimate of drug-likeness (QED) is 0.792. The van der Waals surface area contributed by atoms with Crippen molar-refractivity contribution >= 4 is 0 Å². The lowest BCUT2D eigenvalue weighted by molar-refractivity contribution is 0.128. The second kappa shape index (κ2) is 7.89. The molecule has 2 fully saturated rings. The van der Waals surface area contributed by atoms with Crippen molar-refractivity contribution in [2.45, 2.75) is 45.7 Å². The summed E-state index contributed by atoms with van der Waals surface area (Å²) >= 11 is 0. The highest BCUT2D eigenvalue weighted by molar-refractivity contribution is 5.52. The van der Waals surface area contributed by atoms with Crippen molar-refractivity contribution in [3.05, 3.63) is 36.2 Å². The van der Waals surface area contributed by atoms with Crippen molar-refractivity contribution in [2.75, 3.05) is 26.2 Å². The van der Waals surface area contributed by atoms with Gasteiger partial charge in [-0.2, -0.15) is 0 Å². The minimum Gasteiger partial charge on any atom is -0.359 e. The zero-order chi connectivity index (χ0) is 17.9. The molecular formula is C21H30N4O. The third-order valence-corrected chi connectivity index (χ3v) is 5.66. The number of hydrogen-bond acceptors (Lipinski definition) is 5. The minimum absolute atomic E-state index is 0.635. The molecule has 2 aromatic heterocycles. The zero-order valence-corrected chi connectivity index (χ0v) is 16.0. The van der Waals surface area contributed by atoms with Crippen LogP contribution in [0.3, 0.4) is 0 Å². The highest BCUT2D eigenvalue weighted by Crippen LogP contribution is 2.32. The molecule has 5 heteroatoms. The SMILES string of the molecule is CC(C)[C@H]1CN(Cc2cc(-c3ccccn3)no2)CCCN1CC1CC1. The Hall–Kier alpha value is -1.72. The van der Waals surface area contributed by atoms with Gasteiger partial charge in [-0.15, -0.1) is 0 Å². The highest BCUT2D eigenvalue weighted by Gasteiger charge is 2.32. The Bertz CT molecular complexity index is 695. The first kappa shape index (κ1) is 17.7. The summed E-state index contributed by atoms with van der Waals surface area (Å²) in [7, 11) is 0. The summed E-state index contributed by atoms with van der Waals surface area (Å²) in [6.45, 7) is 10.3. The van der Waals surface area contributed by atoms with E-state index in [9.17, 15) is 0 Å². The van der Waals surface area contributed by atoms with Crippen LogP contribution in [0, 0.1) is 11.8 Å². The molecule has 26 heavy (non-hydrogen) atoms. The van der Waals surface area contributed by atoms with Crippen LogP contribution in [0.25, 0.3) is 11.4 Å². The molecule has 1 saturated heterocycles. The lowest BCUT2D eigenvalue weighted by Gasteiger charge is -2.34. The maximum Gasteiger partial charge on any atom is 0.151 e. The van der Waals surface area contributed by atoms with Crippen molar-refractivity contribution in [1.82, 2.24) is 19.9 Å². The van der Waals surface area contributed by atoms with Crippen LogP contribution < -0.4 is 0 Å². The Kier molecular flexibility index (Phi) is 5.36. The van der Waals surface area contributed by atoms with Gasteiger partial charge in [-0.1, -0.05) is 25.1 Å². The normalized spacial score (nSPS) is 22.7. The van der Waals surface area contributed by atoms with Gasteiger partial charge in [0.2, 0.25) is 0 Å². The fourth-order valence-electron chi connectivity index (χ4n) is 4.01. The van der Waals surface area contributed by atoms with E-state index in [1.54, 1.807) is 6.20 Å². The Labute approximate surface area is 156 Å². The summed E-state index contributed by atoms with van der Waals surface area (Å²) in [6, 6.07) is 8.54. The standard InChI is InChI=1S/C21H30N4O/c1-16(2)21-15-24(10-5-11-25(21)13-17-7-8-17)14-18-12-20(23-26-18)19-6-3-4-9-22-19/h3-4,6,9,12,16-17,21H,5,7-8,10-11,13-15H2,1-2H3/t21-/m1/s1. The Morgan fingerprint density at radius 3 is 2.81 bits per heavy atom. The monoisotopic (exact) mass is 354 g/mol. The Morgan fingerprint density at radius 2 is 2.08 bits per heavy atom. The summed E-state index contributed by atoms with van der Waals surface area (Å²) in [5, 5.41) is 4.22. The van der Waals surface area contributed by atoms with Crippen LogP contribution in [0.15, 0.2) is 35.0 Å². The predicted molar refractivity (Wildman–Crippen MR) is 103 cm³/mol. The van der Waals surface area contributed by atoms with E-state index in [2.05, 4.69) is 33.8 Å². The zero-order valence-electron chi connectivity index (χ0n) is 16.0. The van der Waals surface area contributed by atoms with Gasteiger partial charge in [-0.05, 0) is 56.3 Å². The molecule has 0 unspecified atom stereocenters. The maximum atomic E-state index is 5.61. The van der Waals surface area contributed by atoms with Crippen molar-refractivity contribution in [1.29, 1.82) is 0 Å². The highest BCUT2D eigenvalue weighted by atomic mass is 16.5. The van der Waals surface area contributed by atoms with Gasteiger partial charge in [0.15, 0.2) is 5.76 Å². The van der Waals surface area contributed by atoms with Crippen LogP contribution in [0.1, 0.15) is 38.9 Å². The predicted octanol–water partition coefficient (Wildman–Crippen LogP) is 3.68. The minimum atomic E-state index is 0.635. The molecule has 0 N–H and O–H groups in total. The average Bonchev–Trinajstić information content (AvgIpc) is 3.38. The van der Waals surface area contributed by atoms with E-state index in [0.29, 0.717) is 12.0 Å². The van der Waals surface area contributed by atoms with E-state index in [1.807, 2.05) is 24.3 Å². The van der Waals surface area contributed by atoms with Gasteiger partial charge in [0.1, 0.15) is 5.69 Å². The molecule has 1 aliphatic carbocycles. The number of pyridine rings is 1. The molecule has 5 nitrogen and oxygen atoms in total. The first-order valence-electron chi connectivity index (χ1n) is 10.0. The van der Waals surface area contributed by atoms with E-state index in [4.69, 9.17) is 4.52 Å². The Morgan fingerprint density at radius 1 is 1.19 bits per heavy atom. The van der Waals surface area contributed by atoms with Crippen LogP contribution in [-0.2, 0) is 6.54 Å². The smallest absolute Gasteiger partial charge is 0.151 e. The molecule has 0 radical (unpaired) electrons. The first-order valence-corrected chi connectivity index (χ1v) is 10.0. The average molecular weight is 354 g/mol. The summed E-state index contributed by atoms with van der Waals surface area (Å²) in [5.74, 6) is 2.56. The molecule has 0 bridgehead atoms. The third kappa shape index (κ3) is 4.33. The van der Waals surface area contributed by atoms with Crippen LogP contribution in [0.5, 0.6) is 0 Å². The molecule has 0 spiro atoms. The molecule has 2 aromatic rings. The van der Waals surface area contributed by atoms with Gasteiger partial charge in [0, 0.05) is 31.4 Å². The topological polar surface area (TPSA) is 45.4 Å². The first-order chi connectivity index (χ1) is 12.7. The molecule has 0 amide bonds.